The molecular formula is C24H32ClN5OS. The van der Waals surface area contributed by atoms with Crippen LogP contribution in [0.15, 0.2) is 30.3 Å². The van der Waals surface area contributed by atoms with Crippen molar-refractivity contribution in [2.75, 3.05) is 36.5 Å². The van der Waals surface area contributed by atoms with E-state index in [1.54, 1.807) is 0 Å². The van der Waals surface area contributed by atoms with Crippen LogP contribution in [-0.4, -0.2) is 47.4 Å². The van der Waals surface area contributed by atoms with E-state index in [9.17, 15) is 0 Å². The summed E-state index contributed by atoms with van der Waals surface area (Å²) in [5.74, 6) is 1.51. The van der Waals surface area contributed by atoms with Gasteiger partial charge in [-0.25, -0.2) is 4.98 Å². The molecule has 3 heterocycles. The molecule has 1 aromatic carbocycles. The van der Waals surface area contributed by atoms with E-state index in [0.29, 0.717) is 23.6 Å². The maximum Gasteiger partial charge on any atom is 0.231 e. The van der Waals surface area contributed by atoms with Crippen LogP contribution in [-0.2, 0) is 10.2 Å². The van der Waals surface area contributed by atoms with E-state index in [1.165, 1.54) is 24.8 Å². The maximum atomic E-state index is 6.29. The van der Waals surface area contributed by atoms with Gasteiger partial charge in [-0.2, -0.15) is 4.98 Å². The lowest BCUT2D eigenvalue weighted by molar-refractivity contribution is 0.0515. The summed E-state index contributed by atoms with van der Waals surface area (Å²) in [4.78, 5) is 11.7. The molecule has 2 saturated heterocycles. The molecule has 2 fully saturated rings. The zero-order chi connectivity index (χ0) is 22.6. The van der Waals surface area contributed by atoms with Crippen LogP contribution in [0.2, 0.25) is 5.02 Å². The van der Waals surface area contributed by atoms with E-state index < -0.39 is 0 Å². The smallest absolute Gasteiger partial charge is 0.231 e. The number of hydrogen-bond donors (Lipinski definition) is 2. The molecule has 0 aliphatic carbocycles. The molecule has 0 spiro atoms. The molecule has 1 aromatic heterocycles. The van der Waals surface area contributed by atoms with Crippen molar-refractivity contribution in [3.63, 3.8) is 0 Å². The third kappa shape index (κ3) is 5.50. The van der Waals surface area contributed by atoms with Crippen LogP contribution in [0.25, 0.3) is 0 Å². The number of hydrogen-bond acceptors (Lipinski definition) is 5. The van der Waals surface area contributed by atoms with Gasteiger partial charge in [0.1, 0.15) is 5.82 Å². The summed E-state index contributed by atoms with van der Waals surface area (Å²) < 4.78 is 5.64. The number of halogens is 1. The van der Waals surface area contributed by atoms with Crippen molar-refractivity contribution in [3.8, 4) is 0 Å². The fraction of sp³-hybridized carbons (Fsp3) is 0.542. The number of rotatable bonds is 5. The highest BCUT2D eigenvalue weighted by Crippen LogP contribution is 2.35. The van der Waals surface area contributed by atoms with E-state index in [2.05, 4.69) is 45.6 Å². The molecule has 1 unspecified atom stereocenters. The lowest BCUT2D eigenvalue weighted by Gasteiger charge is -2.38. The molecule has 2 aromatic rings. The van der Waals surface area contributed by atoms with Crippen molar-refractivity contribution in [3.05, 3.63) is 46.6 Å². The Morgan fingerprint density at radius 2 is 2.06 bits per heavy atom. The SMILES string of the molecule is Cc1cc(N2CCCCC2C)nc(NC(=S)NCC2(c3cccc(Cl)c3)CCOCC2)n1. The van der Waals surface area contributed by atoms with E-state index in [4.69, 9.17) is 33.5 Å². The Morgan fingerprint density at radius 1 is 1.25 bits per heavy atom. The molecular weight excluding hydrogens is 442 g/mol. The number of aromatic nitrogens is 2. The van der Waals surface area contributed by atoms with Gasteiger partial charge in [-0.15, -0.1) is 0 Å². The number of nitrogens with one attached hydrogen (secondary N) is 2. The normalized spacial score (nSPS) is 20.6. The number of nitrogens with zero attached hydrogens (tertiary/aromatic N) is 3. The molecule has 0 amide bonds. The zero-order valence-electron chi connectivity index (χ0n) is 18.9. The lowest BCUT2D eigenvalue weighted by atomic mass is 9.74. The van der Waals surface area contributed by atoms with Gasteiger partial charge < -0.3 is 20.3 Å². The molecule has 2 N–H and O–H groups in total. The highest BCUT2D eigenvalue weighted by atomic mass is 35.5. The first-order valence-electron chi connectivity index (χ1n) is 11.5. The number of piperidine rings is 1. The fourth-order valence-electron chi connectivity index (χ4n) is 4.74. The second-order valence-electron chi connectivity index (χ2n) is 8.94. The van der Waals surface area contributed by atoms with Crippen molar-refractivity contribution in [1.82, 2.24) is 15.3 Å². The third-order valence-electron chi connectivity index (χ3n) is 6.64. The van der Waals surface area contributed by atoms with Crippen LogP contribution < -0.4 is 15.5 Å². The summed E-state index contributed by atoms with van der Waals surface area (Å²) in [6.45, 7) is 7.45. The first-order valence-corrected chi connectivity index (χ1v) is 12.2. The molecule has 2 aliphatic rings. The molecule has 32 heavy (non-hydrogen) atoms. The first kappa shape index (κ1) is 23.2. The van der Waals surface area contributed by atoms with Crippen molar-refractivity contribution < 1.29 is 4.74 Å². The van der Waals surface area contributed by atoms with Gasteiger partial charge >= 0.3 is 0 Å². The summed E-state index contributed by atoms with van der Waals surface area (Å²) in [6, 6.07) is 10.7. The Hall–Kier alpha value is -1.96. The Morgan fingerprint density at radius 3 is 2.81 bits per heavy atom. The number of anilines is 2. The largest absolute Gasteiger partial charge is 0.381 e. The van der Waals surface area contributed by atoms with Crippen molar-refractivity contribution in [2.24, 2.45) is 0 Å². The number of benzene rings is 1. The highest BCUT2D eigenvalue weighted by Gasteiger charge is 2.34. The predicted octanol–water partition coefficient (Wildman–Crippen LogP) is 4.85. The minimum Gasteiger partial charge on any atom is -0.381 e. The molecule has 172 valence electrons. The van der Waals surface area contributed by atoms with Crippen LogP contribution in [0.4, 0.5) is 11.8 Å². The van der Waals surface area contributed by atoms with E-state index >= 15 is 0 Å². The van der Waals surface area contributed by atoms with Crippen molar-refractivity contribution in [2.45, 2.75) is 57.4 Å². The Balaban J connectivity index is 1.45. The van der Waals surface area contributed by atoms with Gasteiger partial charge in [0, 0.05) is 54.5 Å². The van der Waals surface area contributed by atoms with Gasteiger partial charge in [-0.3, -0.25) is 0 Å². The average Bonchev–Trinajstić information content (AvgIpc) is 2.78. The molecule has 0 bridgehead atoms. The first-order chi connectivity index (χ1) is 15.4. The summed E-state index contributed by atoms with van der Waals surface area (Å²) >= 11 is 11.9. The van der Waals surface area contributed by atoms with Gasteiger partial charge in [0.2, 0.25) is 5.95 Å². The molecule has 8 heteroatoms. The van der Waals surface area contributed by atoms with Gasteiger partial charge in [0.25, 0.3) is 0 Å². The Bertz CT molecular complexity index is 950. The second kappa shape index (κ2) is 10.3. The van der Waals surface area contributed by atoms with Crippen LogP contribution >= 0.6 is 23.8 Å². The average molecular weight is 474 g/mol. The van der Waals surface area contributed by atoms with Gasteiger partial charge in [-0.05, 0) is 75.9 Å². The third-order valence-corrected chi connectivity index (χ3v) is 7.12. The van der Waals surface area contributed by atoms with Gasteiger partial charge in [0.05, 0.1) is 0 Å². The maximum absolute atomic E-state index is 6.29. The topological polar surface area (TPSA) is 62.3 Å². The molecule has 6 nitrogen and oxygen atoms in total. The number of aryl methyl sites for hydroxylation is 1. The number of ether oxygens (including phenoxy) is 1. The molecule has 1 atom stereocenters. The molecule has 4 rings (SSSR count). The van der Waals surface area contributed by atoms with E-state index in [-0.39, 0.29) is 5.41 Å². The second-order valence-corrected chi connectivity index (χ2v) is 9.78. The van der Waals surface area contributed by atoms with Crippen LogP contribution in [0.3, 0.4) is 0 Å². The lowest BCUT2D eigenvalue weighted by Crippen LogP contribution is -2.45. The molecule has 0 saturated carbocycles. The van der Waals surface area contributed by atoms with Crippen LogP contribution in [0.5, 0.6) is 0 Å². The summed E-state index contributed by atoms with van der Waals surface area (Å²) in [6.07, 6.45) is 5.51. The number of thiocarbonyl (C=S) groups is 1. The Labute approximate surface area is 201 Å². The summed E-state index contributed by atoms with van der Waals surface area (Å²) in [5, 5.41) is 7.91. The monoisotopic (exact) mass is 473 g/mol. The minimum absolute atomic E-state index is 0.0727. The van der Waals surface area contributed by atoms with Crippen molar-refractivity contribution >= 4 is 40.7 Å². The van der Waals surface area contributed by atoms with E-state index in [1.807, 2.05) is 19.1 Å². The fourth-order valence-corrected chi connectivity index (χ4v) is 5.09. The molecule has 0 radical (unpaired) electrons. The zero-order valence-corrected chi connectivity index (χ0v) is 20.4. The Kier molecular flexibility index (Phi) is 7.48. The summed E-state index contributed by atoms with van der Waals surface area (Å²) in [7, 11) is 0. The van der Waals surface area contributed by atoms with Crippen LogP contribution in [0, 0.1) is 6.92 Å². The summed E-state index contributed by atoms with van der Waals surface area (Å²) in [5.41, 5.74) is 2.08. The highest BCUT2D eigenvalue weighted by molar-refractivity contribution is 7.80. The van der Waals surface area contributed by atoms with Crippen molar-refractivity contribution in [1.29, 1.82) is 0 Å². The van der Waals surface area contributed by atoms with Crippen LogP contribution in [0.1, 0.15) is 50.3 Å². The minimum atomic E-state index is -0.0727. The van der Waals surface area contributed by atoms with Gasteiger partial charge in [0.15, 0.2) is 5.11 Å². The van der Waals surface area contributed by atoms with Gasteiger partial charge in [-0.1, -0.05) is 23.7 Å². The quantitative estimate of drug-likeness (QED) is 0.601. The van der Waals surface area contributed by atoms with E-state index in [0.717, 1.165) is 49.1 Å². The molecule has 2 aliphatic heterocycles. The predicted molar refractivity (Wildman–Crippen MR) is 135 cm³/mol. The standard InChI is InChI=1S/C24H32ClN5OS/c1-17-14-21(30-11-4-3-6-18(30)2)28-22(27-17)29-23(32)26-16-24(9-12-31-13-10-24)19-7-5-8-20(25)15-19/h5,7-8,14-15,18H,3-4,6,9-13,16H2,1-2H3,(H2,26,27,28,29,32).